The highest BCUT2D eigenvalue weighted by atomic mass is 32.2. The maximum atomic E-state index is 13.8. The van der Waals surface area contributed by atoms with Crippen molar-refractivity contribution in [3.8, 4) is 0 Å². The Kier molecular flexibility index (Phi) is 9.55. The standard InChI is InChI=1S/C24H31F2N3O4S/c1-5-13-27-24(31)22(6-2)28(15-18-10-8-7-9-17(18)3)23(30)16-29(34(4,32)33)19-11-12-20(25)21(26)14-19/h7-12,14,22H,5-6,13,15-16H2,1-4H3,(H,27,31)/t22-/m0/s1. The minimum atomic E-state index is -4.03. The van der Waals surface area contributed by atoms with Crippen LogP contribution in [0, 0.1) is 18.6 Å². The Morgan fingerprint density at radius 1 is 1.06 bits per heavy atom. The fraction of sp³-hybridized carbons (Fsp3) is 0.417. The van der Waals surface area contributed by atoms with Crippen molar-refractivity contribution >= 4 is 27.5 Å². The molecule has 0 bridgehead atoms. The van der Waals surface area contributed by atoms with Crippen molar-refractivity contribution in [3.05, 3.63) is 65.2 Å². The normalized spacial score (nSPS) is 12.2. The quantitative estimate of drug-likeness (QED) is 0.518. The van der Waals surface area contributed by atoms with Crippen LogP contribution >= 0.6 is 0 Å². The lowest BCUT2D eigenvalue weighted by Gasteiger charge is -2.33. The number of nitrogens with one attached hydrogen (secondary N) is 1. The van der Waals surface area contributed by atoms with Crippen molar-refractivity contribution in [2.75, 3.05) is 23.7 Å². The molecule has 0 aromatic heterocycles. The first-order valence-corrected chi connectivity index (χ1v) is 12.9. The molecule has 0 saturated heterocycles. The molecule has 186 valence electrons. The molecule has 2 aromatic rings. The van der Waals surface area contributed by atoms with Crippen LogP contribution in [0.15, 0.2) is 42.5 Å². The summed E-state index contributed by atoms with van der Waals surface area (Å²) in [5.41, 5.74) is 1.52. The van der Waals surface area contributed by atoms with Gasteiger partial charge in [-0.3, -0.25) is 13.9 Å². The molecule has 34 heavy (non-hydrogen) atoms. The molecule has 0 heterocycles. The molecular weight excluding hydrogens is 464 g/mol. The van der Waals surface area contributed by atoms with Crippen LogP contribution in [0.2, 0.25) is 0 Å². The summed E-state index contributed by atoms with van der Waals surface area (Å²) in [5, 5.41) is 2.79. The molecule has 0 fully saturated rings. The highest BCUT2D eigenvalue weighted by Gasteiger charge is 2.32. The van der Waals surface area contributed by atoms with Gasteiger partial charge in [0.1, 0.15) is 12.6 Å². The first kappa shape index (κ1) is 27.2. The number of aryl methyl sites for hydroxylation is 1. The molecule has 0 unspecified atom stereocenters. The SMILES string of the molecule is CCCNC(=O)[C@H](CC)N(Cc1ccccc1C)C(=O)CN(c1ccc(F)c(F)c1)S(C)(=O)=O. The first-order valence-electron chi connectivity index (χ1n) is 11.0. The second-order valence-corrected chi connectivity index (χ2v) is 9.94. The number of nitrogens with zero attached hydrogens (tertiary/aromatic N) is 2. The van der Waals surface area contributed by atoms with Gasteiger partial charge in [-0.2, -0.15) is 0 Å². The average molecular weight is 496 g/mol. The molecule has 0 radical (unpaired) electrons. The van der Waals surface area contributed by atoms with Gasteiger partial charge >= 0.3 is 0 Å². The number of halogens is 2. The predicted octanol–water partition coefficient (Wildman–Crippen LogP) is 3.37. The van der Waals surface area contributed by atoms with E-state index in [-0.39, 0.29) is 18.1 Å². The number of sulfonamides is 1. The third-order valence-corrected chi connectivity index (χ3v) is 6.55. The summed E-state index contributed by atoms with van der Waals surface area (Å²) < 4.78 is 52.9. The van der Waals surface area contributed by atoms with Gasteiger partial charge in [0.25, 0.3) is 0 Å². The lowest BCUT2D eigenvalue weighted by atomic mass is 10.1. The summed E-state index contributed by atoms with van der Waals surface area (Å²) in [4.78, 5) is 27.7. The summed E-state index contributed by atoms with van der Waals surface area (Å²) in [6.07, 6.45) is 1.89. The fourth-order valence-corrected chi connectivity index (χ4v) is 4.35. The van der Waals surface area contributed by atoms with Crippen LogP contribution in [0.5, 0.6) is 0 Å². The molecule has 1 atom stereocenters. The molecule has 0 saturated carbocycles. The molecule has 0 aliphatic heterocycles. The highest BCUT2D eigenvalue weighted by molar-refractivity contribution is 7.92. The molecule has 1 N–H and O–H groups in total. The number of hydrogen-bond acceptors (Lipinski definition) is 4. The molecule has 7 nitrogen and oxygen atoms in total. The van der Waals surface area contributed by atoms with E-state index in [0.29, 0.717) is 23.7 Å². The zero-order valence-electron chi connectivity index (χ0n) is 19.8. The average Bonchev–Trinajstić information content (AvgIpc) is 2.78. The van der Waals surface area contributed by atoms with Gasteiger partial charge in [-0.05, 0) is 43.0 Å². The Hall–Kier alpha value is -3.01. The smallest absolute Gasteiger partial charge is 0.244 e. The van der Waals surface area contributed by atoms with E-state index < -0.39 is 40.2 Å². The van der Waals surface area contributed by atoms with Crippen LogP contribution in [0.4, 0.5) is 14.5 Å². The summed E-state index contributed by atoms with van der Waals surface area (Å²) in [5.74, 6) is -3.36. The summed E-state index contributed by atoms with van der Waals surface area (Å²) >= 11 is 0. The Balaban J connectivity index is 2.46. The predicted molar refractivity (Wildman–Crippen MR) is 128 cm³/mol. The van der Waals surface area contributed by atoms with E-state index in [4.69, 9.17) is 0 Å². The molecule has 2 rings (SSSR count). The van der Waals surface area contributed by atoms with E-state index in [1.807, 2.05) is 38.1 Å². The van der Waals surface area contributed by atoms with Crippen molar-refractivity contribution in [1.82, 2.24) is 10.2 Å². The van der Waals surface area contributed by atoms with Crippen molar-refractivity contribution in [2.24, 2.45) is 0 Å². The Bertz CT molecular complexity index is 1120. The van der Waals surface area contributed by atoms with E-state index in [2.05, 4.69) is 5.32 Å². The van der Waals surface area contributed by atoms with E-state index in [9.17, 15) is 26.8 Å². The van der Waals surface area contributed by atoms with Crippen LogP contribution in [-0.2, 0) is 26.2 Å². The van der Waals surface area contributed by atoms with Gasteiger partial charge in [0.15, 0.2) is 11.6 Å². The Morgan fingerprint density at radius 3 is 2.29 bits per heavy atom. The largest absolute Gasteiger partial charge is 0.354 e. The van der Waals surface area contributed by atoms with Gasteiger partial charge in [0.2, 0.25) is 21.8 Å². The van der Waals surface area contributed by atoms with Crippen LogP contribution in [0.1, 0.15) is 37.8 Å². The summed E-state index contributed by atoms with van der Waals surface area (Å²) in [6.45, 7) is 5.39. The van der Waals surface area contributed by atoms with E-state index in [1.54, 1.807) is 6.92 Å². The van der Waals surface area contributed by atoms with E-state index in [0.717, 1.165) is 35.6 Å². The van der Waals surface area contributed by atoms with Gasteiger partial charge in [-0.15, -0.1) is 0 Å². The molecule has 0 aliphatic carbocycles. The van der Waals surface area contributed by atoms with Crippen molar-refractivity contribution in [3.63, 3.8) is 0 Å². The number of rotatable bonds is 11. The monoisotopic (exact) mass is 495 g/mol. The first-order chi connectivity index (χ1) is 16.0. The zero-order valence-corrected chi connectivity index (χ0v) is 20.7. The van der Waals surface area contributed by atoms with Gasteiger partial charge in [-0.1, -0.05) is 38.1 Å². The fourth-order valence-electron chi connectivity index (χ4n) is 3.51. The van der Waals surface area contributed by atoms with Crippen LogP contribution in [0.25, 0.3) is 0 Å². The minimum Gasteiger partial charge on any atom is -0.354 e. The third-order valence-electron chi connectivity index (χ3n) is 5.41. The second-order valence-electron chi connectivity index (χ2n) is 8.03. The molecular formula is C24H31F2N3O4S. The topological polar surface area (TPSA) is 86.8 Å². The van der Waals surface area contributed by atoms with E-state index >= 15 is 0 Å². The van der Waals surface area contributed by atoms with E-state index in [1.165, 1.54) is 4.90 Å². The number of hydrogen-bond donors (Lipinski definition) is 1. The lowest BCUT2D eigenvalue weighted by Crippen LogP contribution is -2.52. The minimum absolute atomic E-state index is 0.0823. The van der Waals surface area contributed by atoms with Gasteiger partial charge in [0, 0.05) is 19.2 Å². The van der Waals surface area contributed by atoms with Gasteiger partial charge in [-0.25, -0.2) is 17.2 Å². The second kappa shape index (κ2) is 11.9. The highest BCUT2D eigenvalue weighted by Crippen LogP contribution is 2.22. The maximum Gasteiger partial charge on any atom is 0.244 e. The van der Waals surface area contributed by atoms with Gasteiger partial charge < -0.3 is 10.2 Å². The number of carbonyl (C=O) groups excluding carboxylic acids is 2. The van der Waals surface area contributed by atoms with Crippen molar-refractivity contribution < 1.29 is 26.8 Å². The zero-order chi connectivity index (χ0) is 25.5. The Labute approximate surface area is 199 Å². The van der Waals surface area contributed by atoms with Crippen LogP contribution < -0.4 is 9.62 Å². The number of carbonyl (C=O) groups is 2. The Morgan fingerprint density at radius 2 is 1.74 bits per heavy atom. The molecule has 0 spiro atoms. The van der Waals surface area contributed by atoms with Crippen molar-refractivity contribution in [2.45, 2.75) is 46.2 Å². The molecule has 2 amide bonds. The maximum absolute atomic E-state index is 13.8. The lowest BCUT2D eigenvalue weighted by molar-refractivity contribution is -0.140. The summed E-state index contributed by atoms with van der Waals surface area (Å²) in [7, 11) is -4.03. The van der Waals surface area contributed by atoms with Crippen LogP contribution in [0.3, 0.4) is 0 Å². The molecule has 10 heteroatoms. The third kappa shape index (κ3) is 6.99. The van der Waals surface area contributed by atoms with Crippen molar-refractivity contribution in [1.29, 1.82) is 0 Å². The number of anilines is 1. The number of benzene rings is 2. The van der Waals surface area contributed by atoms with Gasteiger partial charge in [0.05, 0.1) is 11.9 Å². The molecule has 0 aliphatic rings. The number of amides is 2. The van der Waals surface area contributed by atoms with Crippen LogP contribution in [-0.4, -0.2) is 50.5 Å². The molecule has 2 aromatic carbocycles. The summed E-state index contributed by atoms with van der Waals surface area (Å²) in [6, 6.07) is 9.13.